The van der Waals surface area contributed by atoms with Crippen molar-refractivity contribution in [2.24, 2.45) is 13.0 Å². The molecule has 1 amide bonds. The van der Waals surface area contributed by atoms with Crippen molar-refractivity contribution in [2.45, 2.75) is 19.0 Å². The van der Waals surface area contributed by atoms with Gasteiger partial charge in [0.05, 0.1) is 12.8 Å². The summed E-state index contributed by atoms with van der Waals surface area (Å²) in [5, 5.41) is 6.00. The molecular formula is C12H14F3N3O3. The lowest BCUT2D eigenvalue weighted by atomic mass is 9.88. The highest BCUT2D eigenvalue weighted by Crippen LogP contribution is 2.39. The van der Waals surface area contributed by atoms with Gasteiger partial charge in [-0.3, -0.25) is 14.3 Å². The van der Waals surface area contributed by atoms with Crippen molar-refractivity contribution in [3.63, 3.8) is 0 Å². The van der Waals surface area contributed by atoms with E-state index in [1.54, 1.807) is 6.92 Å². The van der Waals surface area contributed by atoms with Crippen molar-refractivity contribution in [1.29, 1.82) is 0 Å². The van der Waals surface area contributed by atoms with Crippen LogP contribution in [0.4, 0.5) is 13.2 Å². The molecule has 0 spiro atoms. The van der Waals surface area contributed by atoms with Crippen LogP contribution in [-0.2, 0) is 27.5 Å². The van der Waals surface area contributed by atoms with Gasteiger partial charge in [-0.05, 0) is 6.92 Å². The molecule has 1 aliphatic rings. The maximum Gasteiger partial charge on any atom is 0.433 e. The average Bonchev–Trinajstić information content (AvgIpc) is 2.91. The average molecular weight is 305 g/mol. The molecule has 1 aromatic rings. The predicted octanol–water partition coefficient (Wildman–Crippen LogP) is 0.832. The third-order valence-corrected chi connectivity index (χ3v) is 3.36. The summed E-state index contributed by atoms with van der Waals surface area (Å²) >= 11 is 0. The van der Waals surface area contributed by atoms with Gasteiger partial charge in [-0.15, -0.1) is 0 Å². The summed E-state index contributed by atoms with van der Waals surface area (Å²) in [5.41, 5.74) is -1.14. The van der Waals surface area contributed by atoms with E-state index in [2.05, 4.69) is 10.4 Å². The van der Waals surface area contributed by atoms with Gasteiger partial charge in [0.15, 0.2) is 0 Å². The van der Waals surface area contributed by atoms with Gasteiger partial charge in [0, 0.05) is 25.1 Å². The molecule has 0 saturated carbocycles. The lowest BCUT2D eigenvalue weighted by molar-refractivity contribution is -0.152. The number of aryl methyl sites for hydroxylation is 1. The zero-order chi connectivity index (χ0) is 15.8. The van der Waals surface area contributed by atoms with Crippen LogP contribution in [0.3, 0.4) is 0 Å². The number of hydrogen-bond acceptors (Lipinski definition) is 4. The Hall–Kier alpha value is -2.06. The van der Waals surface area contributed by atoms with E-state index in [-0.39, 0.29) is 18.7 Å². The smallest absolute Gasteiger partial charge is 0.433 e. The first-order valence-corrected chi connectivity index (χ1v) is 6.30. The quantitative estimate of drug-likeness (QED) is 0.663. The molecule has 0 aliphatic carbocycles. The molecule has 0 radical (unpaired) electrons. The Morgan fingerprint density at radius 3 is 2.81 bits per heavy atom. The van der Waals surface area contributed by atoms with Crippen LogP contribution in [0.25, 0.3) is 0 Å². The maximum absolute atomic E-state index is 13.1. The molecule has 1 saturated heterocycles. The number of carbonyl (C=O) groups excluding carboxylic acids is 2. The number of amides is 1. The Morgan fingerprint density at radius 1 is 1.57 bits per heavy atom. The number of carbonyl (C=O) groups is 2. The monoisotopic (exact) mass is 305 g/mol. The Labute approximate surface area is 118 Å². The van der Waals surface area contributed by atoms with Gasteiger partial charge >= 0.3 is 12.1 Å². The summed E-state index contributed by atoms with van der Waals surface area (Å²) in [6, 6.07) is 0. The molecule has 1 aliphatic heterocycles. The van der Waals surface area contributed by atoms with Crippen LogP contribution in [0.1, 0.15) is 24.1 Å². The second-order valence-corrected chi connectivity index (χ2v) is 4.65. The molecule has 2 heterocycles. The van der Waals surface area contributed by atoms with Crippen molar-refractivity contribution < 1.29 is 27.5 Å². The van der Waals surface area contributed by atoms with Crippen LogP contribution in [-0.4, -0.2) is 34.8 Å². The van der Waals surface area contributed by atoms with E-state index in [0.717, 1.165) is 13.2 Å². The molecule has 6 nitrogen and oxygen atoms in total. The molecule has 2 atom stereocenters. The van der Waals surface area contributed by atoms with E-state index in [1.807, 2.05) is 0 Å². The molecule has 9 heteroatoms. The van der Waals surface area contributed by atoms with Crippen molar-refractivity contribution in [3.05, 3.63) is 17.5 Å². The highest BCUT2D eigenvalue weighted by molar-refractivity contribution is 6.00. The van der Waals surface area contributed by atoms with Crippen LogP contribution >= 0.6 is 0 Å². The Morgan fingerprint density at radius 2 is 2.24 bits per heavy atom. The molecule has 1 unspecified atom stereocenters. The van der Waals surface area contributed by atoms with Crippen LogP contribution in [0.2, 0.25) is 0 Å². The van der Waals surface area contributed by atoms with Crippen LogP contribution in [0.5, 0.6) is 0 Å². The SMILES string of the molecule is CCOC(=O)C1C(=O)NC[C@@H]1c1cnn(C)c1C(F)(F)F. The molecule has 1 N–H and O–H groups in total. The minimum absolute atomic E-state index is 0.0501. The Balaban J connectivity index is 2.42. The summed E-state index contributed by atoms with van der Waals surface area (Å²) in [7, 11) is 1.16. The normalized spacial score (nSPS) is 22.2. The van der Waals surface area contributed by atoms with E-state index in [9.17, 15) is 22.8 Å². The van der Waals surface area contributed by atoms with E-state index < -0.39 is 35.6 Å². The highest BCUT2D eigenvalue weighted by atomic mass is 19.4. The molecule has 0 aromatic carbocycles. The van der Waals surface area contributed by atoms with Crippen molar-refractivity contribution in [1.82, 2.24) is 15.1 Å². The number of hydrogen-bond donors (Lipinski definition) is 1. The minimum Gasteiger partial charge on any atom is -0.465 e. The van der Waals surface area contributed by atoms with E-state index in [4.69, 9.17) is 4.74 Å². The number of rotatable bonds is 3. The maximum atomic E-state index is 13.1. The van der Waals surface area contributed by atoms with Crippen molar-refractivity contribution in [3.8, 4) is 0 Å². The first-order valence-electron chi connectivity index (χ1n) is 6.30. The highest BCUT2D eigenvalue weighted by Gasteiger charge is 2.47. The summed E-state index contributed by atoms with van der Waals surface area (Å²) in [6.45, 7) is 1.55. The number of aromatic nitrogens is 2. The molecule has 1 fully saturated rings. The lowest BCUT2D eigenvalue weighted by Crippen LogP contribution is -2.29. The molecule has 2 rings (SSSR count). The van der Waals surface area contributed by atoms with Gasteiger partial charge in [-0.2, -0.15) is 18.3 Å². The molecule has 0 bridgehead atoms. The van der Waals surface area contributed by atoms with Crippen LogP contribution < -0.4 is 5.32 Å². The van der Waals surface area contributed by atoms with Gasteiger partial charge in [0.25, 0.3) is 0 Å². The summed E-state index contributed by atoms with van der Waals surface area (Å²) < 4.78 is 44.7. The minimum atomic E-state index is -4.62. The number of nitrogens with one attached hydrogen (secondary N) is 1. The van der Waals surface area contributed by atoms with E-state index in [1.165, 1.54) is 0 Å². The summed E-state index contributed by atoms with van der Waals surface area (Å²) in [6.07, 6.45) is -3.58. The standard InChI is InChI=1S/C12H14F3N3O3/c1-3-21-11(20)8-6(4-16-10(8)19)7-5-17-18(2)9(7)12(13,14)15/h5-6,8H,3-4H2,1-2H3,(H,16,19)/t6-,8?/m1/s1. The van der Waals surface area contributed by atoms with Gasteiger partial charge in [-0.1, -0.05) is 0 Å². The summed E-state index contributed by atoms with van der Waals surface area (Å²) in [4.78, 5) is 23.5. The topological polar surface area (TPSA) is 73.2 Å². The van der Waals surface area contributed by atoms with Gasteiger partial charge in [0.2, 0.25) is 5.91 Å². The third kappa shape index (κ3) is 2.72. The predicted molar refractivity (Wildman–Crippen MR) is 64.1 cm³/mol. The van der Waals surface area contributed by atoms with E-state index in [0.29, 0.717) is 4.68 Å². The van der Waals surface area contributed by atoms with E-state index >= 15 is 0 Å². The fraction of sp³-hybridized carbons (Fsp3) is 0.583. The molecule has 116 valence electrons. The molecule has 21 heavy (non-hydrogen) atoms. The fourth-order valence-corrected chi connectivity index (χ4v) is 2.49. The first-order chi connectivity index (χ1) is 9.77. The summed E-state index contributed by atoms with van der Waals surface area (Å²) in [5.74, 6) is -3.68. The number of alkyl halides is 3. The number of ether oxygens (including phenoxy) is 1. The van der Waals surface area contributed by atoms with Crippen LogP contribution in [0, 0.1) is 5.92 Å². The second kappa shape index (κ2) is 5.38. The molecule has 1 aromatic heterocycles. The van der Waals surface area contributed by atoms with Crippen LogP contribution in [0.15, 0.2) is 6.20 Å². The van der Waals surface area contributed by atoms with Crippen molar-refractivity contribution >= 4 is 11.9 Å². The number of halogens is 3. The van der Waals surface area contributed by atoms with Gasteiger partial charge in [-0.25, -0.2) is 0 Å². The first kappa shape index (κ1) is 15.3. The Kier molecular flexibility index (Phi) is 3.93. The van der Waals surface area contributed by atoms with Crippen molar-refractivity contribution in [2.75, 3.05) is 13.2 Å². The number of nitrogens with zero attached hydrogens (tertiary/aromatic N) is 2. The zero-order valence-corrected chi connectivity index (χ0v) is 11.4. The zero-order valence-electron chi connectivity index (χ0n) is 11.4. The van der Waals surface area contributed by atoms with Gasteiger partial charge < -0.3 is 10.1 Å². The Bertz CT molecular complexity index is 568. The second-order valence-electron chi connectivity index (χ2n) is 4.65. The molecular weight excluding hydrogens is 291 g/mol. The van der Waals surface area contributed by atoms with Gasteiger partial charge in [0.1, 0.15) is 11.6 Å². The third-order valence-electron chi connectivity index (χ3n) is 3.36. The lowest BCUT2D eigenvalue weighted by Gasteiger charge is -2.17. The number of esters is 1. The largest absolute Gasteiger partial charge is 0.465 e. The fourth-order valence-electron chi connectivity index (χ4n) is 2.49.